The molecule has 1 aliphatic rings. The summed E-state index contributed by atoms with van der Waals surface area (Å²) in [6, 6.07) is 1.78. The molecular formula is C10H12N2O2. The number of methoxy groups -OCH3 is 1. The molecule has 0 spiro atoms. The van der Waals surface area contributed by atoms with Crippen molar-refractivity contribution in [1.29, 1.82) is 0 Å². The first-order valence-corrected chi connectivity index (χ1v) is 4.66. The lowest BCUT2D eigenvalue weighted by molar-refractivity contribution is -0.143. The normalized spacial score (nSPS) is 17.5. The molecule has 14 heavy (non-hydrogen) atoms. The van der Waals surface area contributed by atoms with Gasteiger partial charge in [-0.2, -0.15) is 0 Å². The molecule has 4 heteroatoms. The Balaban J connectivity index is 2.22. The molecule has 1 aromatic heterocycles. The van der Waals surface area contributed by atoms with E-state index in [-0.39, 0.29) is 11.9 Å². The van der Waals surface area contributed by atoms with Gasteiger partial charge in [0.05, 0.1) is 12.8 Å². The zero-order valence-corrected chi connectivity index (χ0v) is 8.01. The maximum atomic E-state index is 11.5. The highest BCUT2D eigenvalue weighted by Crippen LogP contribution is 2.42. The van der Waals surface area contributed by atoms with Crippen LogP contribution in [0.15, 0.2) is 18.6 Å². The molecule has 2 rings (SSSR count). The fraction of sp³-hybridized carbons (Fsp3) is 0.500. The van der Waals surface area contributed by atoms with E-state index in [2.05, 4.69) is 9.97 Å². The van der Waals surface area contributed by atoms with E-state index in [4.69, 9.17) is 4.74 Å². The second-order valence-electron chi connectivity index (χ2n) is 3.47. The minimum atomic E-state index is -0.192. The Bertz CT molecular complexity index is 322. The van der Waals surface area contributed by atoms with Gasteiger partial charge in [-0.1, -0.05) is 0 Å². The summed E-state index contributed by atoms with van der Waals surface area (Å²) in [7, 11) is 1.42. The average molecular weight is 192 g/mol. The summed E-state index contributed by atoms with van der Waals surface area (Å²) < 4.78 is 4.77. The lowest BCUT2D eigenvalue weighted by Gasteiger charge is -2.11. The number of hydrogen-bond acceptors (Lipinski definition) is 4. The van der Waals surface area contributed by atoms with Crippen molar-refractivity contribution in [2.45, 2.75) is 18.8 Å². The molecule has 1 aromatic rings. The predicted molar refractivity (Wildman–Crippen MR) is 49.5 cm³/mol. The van der Waals surface area contributed by atoms with Crippen molar-refractivity contribution in [3.05, 3.63) is 24.3 Å². The maximum absolute atomic E-state index is 11.5. The molecule has 1 aliphatic carbocycles. The molecule has 0 aliphatic heterocycles. The number of carbonyl (C=O) groups excluding carboxylic acids is 1. The Morgan fingerprint density at radius 3 is 2.93 bits per heavy atom. The van der Waals surface area contributed by atoms with Crippen LogP contribution < -0.4 is 0 Å². The number of hydrogen-bond donors (Lipinski definition) is 0. The molecule has 1 atom stereocenters. The third-order valence-corrected chi connectivity index (χ3v) is 2.47. The zero-order chi connectivity index (χ0) is 9.97. The highest BCUT2D eigenvalue weighted by atomic mass is 16.5. The van der Waals surface area contributed by atoms with Crippen molar-refractivity contribution in [3.8, 4) is 0 Å². The highest BCUT2D eigenvalue weighted by molar-refractivity contribution is 5.78. The van der Waals surface area contributed by atoms with Crippen LogP contribution in [0.5, 0.6) is 0 Å². The second-order valence-corrected chi connectivity index (χ2v) is 3.47. The van der Waals surface area contributed by atoms with Crippen molar-refractivity contribution >= 4 is 5.97 Å². The van der Waals surface area contributed by atoms with Crippen molar-refractivity contribution < 1.29 is 9.53 Å². The van der Waals surface area contributed by atoms with Gasteiger partial charge >= 0.3 is 5.97 Å². The summed E-state index contributed by atoms with van der Waals surface area (Å²) >= 11 is 0. The molecule has 1 heterocycles. The van der Waals surface area contributed by atoms with E-state index < -0.39 is 0 Å². The van der Waals surface area contributed by atoms with E-state index in [1.165, 1.54) is 13.4 Å². The molecule has 0 radical (unpaired) electrons. The SMILES string of the molecule is COC(=O)C(c1ccncn1)C1CC1. The van der Waals surface area contributed by atoms with Crippen LogP contribution in [0.3, 0.4) is 0 Å². The van der Waals surface area contributed by atoms with Gasteiger partial charge in [0.15, 0.2) is 0 Å². The fourth-order valence-electron chi connectivity index (χ4n) is 1.60. The van der Waals surface area contributed by atoms with Crippen LogP contribution in [0.25, 0.3) is 0 Å². The van der Waals surface area contributed by atoms with Gasteiger partial charge in [0.2, 0.25) is 0 Å². The Labute approximate surface area is 82.3 Å². The minimum absolute atomic E-state index is 0.189. The quantitative estimate of drug-likeness (QED) is 0.674. The number of carbonyl (C=O) groups is 1. The van der Waals surface area contributed by atoms with Crippen molar-refractivity contribution in [3.63, 3.8) is 0 Å². The molecule has 1 unspecified atom stereocenters. The van der Waals surface area contributed by atoms with Crippen molar-refractivity contribution in [2.24, 2.45) is 5.92 Å². The summed E-state index contributed by atoms with van der Waals surface area (Å²) in [5.74, 6) is 0.0338. The van der Waals surface area contributed by atoms with Crippen molar-refractivity contribution in [1.82, 2.24) is 9.97 Å². The van der Waals surface area contributed by atoms with E-state index in [1.54, 1.807) is 12.3 Å². The summed E-state index contributed by atoms with van der Waals surface area (Å²) in [4.78, 5) is 19.4. The van der Waals surface area contributed by atoms with Crippen LogP contribution >= 0.6 is 0 Å². The first-order chi connectivity index (χ1) is 6.83. The van der Waals surface area contributed by atoms with Crippen LogP contribution in [0.4, 0.5) is 0 Å². The van der Waals surface area contributed by atoms with Crippen LogP contribution in [-0.2, 0) is 9.53 Å². The first-order valence-electron chi connectivity index (χ1n) is 4.66. The Hall–Kier alpha value is -1.45. The molecule has 0 amide bonds. The Morgan fingerprint density at radius 2 is 2.43 bits per heavy atom. The largest absolute Gasteiger partial charge is 0.468 e. The molecule has 74 valence electrons. The summed E-state index contributed by atoms with van der Waals surface area (Å²) in [6.45, 7) is 0. The standard InChI is InChI=1S/C10H12N2O2/c1-14-10(13)9(7-2-3-7)8-4-5-11-6-12-8/h4-7,9H,2-3H2,1H3. The lowest BCUT2D eigenvalue weighted by atomic mass is 10.00. The van der Waals surface area contributed by atoms with Gasteiger partial charge in [-0.3, -0.25) is 4.79 Å². The molecule has 0 aromatic carbocycles. The first kappa shape index (κ1) is 9.12. The molecule has 0 bridgehead atoms. The lowest BCUT2D eigenvalue weighted by Crippen LogP contribution is -2.17. The number of aromatic nitrogens is 2. The van der Waals surface area contributed by atoms with Gasteiger partial charge in [-0.15, -0.1) is 0 Å². The molecular weight excluding hydrogens is 180 g/mol. The van der Waals surface area contributed by atoms with Gasteiger partial charge in [-0.05, 0) is 24.8 Å². The molecule has 1 saturated carbocycles. The van der Waals surface area contributed by atoms with E-state index in [0.29, 0.717) is 5.92 Å². The summed E-state index contributed by atoms with van der Waals surface area (Å²) in [6.07, 6.45) is 5.29. The monoisotopic (exact) mass is 192 g/mol. The van der Waals surface area contributed by atoms with E-state index in [9.17, 15) is 4.79 Å². The van der Waals surface area contributed by atoms with Crippen LogP contribution in [-0.4, -0.2) is 23.0 Å². The number of rotatable bonds is 3. The van der Waals surface area contributed by atoms with Crippen LogP contribution in [0.2, 0.25) is 0 Å². The fourth-order valence-corrected chi connectivity index (χ4v) is 1.60. The Kier molecular flexibility index (Phi) is 2.43. The van der Waals surface area contributed by atoms with Crippen molar-refractivity contribution in [2.75, 3.05) is 7.11 Å². The van der Waals surface area contributed by atoms with Gasteiger partial charge in [-0.25, -0.2) is 9.97 Å². The summed E-state index contributed by atoms with van der Waals surface area (Å²) in [5.41, 5.74) is 0.773. The van der Waals surface area contributed by atoms with Crippen LogP contribution in [0, 0.1) is 5.92 Å². The van der Waals surface area contributed by atoms with Gasteiger partial charge in [0.1, 0.15) is 12.2 Å². The predicted octanol–water partition coefficient (Wildman–Crippen LogP) is 1.14. The second kappa shape index (κ2) is 3.74. The maximum Gasteiger partial charge on any atom is 0.315 e. The van der Waals surface area contributed by atoms with Gasteiger partial charge < -0.3 is 4.74 Å². The van der Waals surface area contributed by atoms with Gasteiger partial charge in [0, 0.05) is 6.20 Å². The van der Waals surface area contributed by atoms with E-state index in [1.807, 2.05) is 0 Å². The third-order valence-electron chi connectivity index (χ3n) is 2.47. The topological polar surface area (TPSA) is 52.1 Å². The molecule has 1 fully saturated rings. The van der Waals surface area contributed by atoms with E-state index >= 15 is 0 Å². The zero-order valence-electron chi connectivity index (χ0n) is 8.01. The Morgan fingerprint density at radius 1 is 1.64 bits per heavy atom. The van der Waals surface area contributed by atoms with Gasteiger partial charge in [0.25, 0.3) is 0 Å². The smallest absolute Gasteiger partial charge is 0.315 e. The number of nitrogens with zero attached hydrogens (tertiary/aromatic N) is 2. The third kappa shape index (κ3) is 1.73. The number of ether oxygens (including phenoxy) is 1. The molecule has 0 saturated heterocycles. The minimum Gasteiger partial charge on any atom is -0.468 e. The highest BCUT2D eigenvalue weighted by Gasteiger charge is 2.38. The molecule has 4 nitrogen and oxygen atoms in total. The molecule has 0 N–H and O–H groups in total. The number of esters is 1. The van der Waals surface area contributed by atoms with E-state index in [0.717, 1.165) is 18.5 Å². The average Bonchev–Trinajstić information content (AvgIpc) is 3.04. The summed E-state index contributed by atoms with van der Waals surface area (Å²) in [5, 5.41) is 0. The van der Waals surface area contributed by atoms with Crippen LogP contribution in [0.1, 0.15) is 24.5 Å².